The van der Waals surface area contributed by atoms with Crippen molar-refractivity contribution in [1.29, 1.82) is 0 Å². The Morgan fingerprint density at radius 3 is 2.59 bits per heavy atom. The molecule has 4 nitrogen and oxygen atoms in total. The number of amides is 1. The molecule has 1 amide bonds. The molecule has 0 saturated carbocycles. The van der Waals surface area contributed by atoms with Crippen molar-refractivity contribution in [1.82, 2.24) is 0 Å². The molecule has 3 rings (SSSR count). The number of carbonyl (C=O) groups excluding carboxylic acids is 2. The maximum absolute atomic E-state index is 11.9. The Morgan fingerprint density at radius 1 is 1.04 bits per heavy atom. The van der Waals surface area contributed by atoms with Gasteiger partial charge in [0.1, 0.15) is 0 Å². The van der Waals surface area contributed by atoms with Crippen LogP contribution in [-0.4, -0.2) is 24.2 Å². The van der Waals surface area contributed by atoms with Crippen LogP contribution in [0.2, 0.25) is 5.02 Å². The lowest BCUT2D eigenvalue weighted by atomic mass is 10.1. The van der Waals surface area contributed by atoms with Gasteiger partial charge in [0.25, 0.3) is 5.91 Å². The van der Waals surface area contributed by atoms with Gasteiger partial charge in [0.05, 0.1) is 16.5 Å². The Hall–Kier alpha value is -2.50. The molecular formula is C21H18ClNO3S. The molecule has 138 valence electrons. The second-order valence-electron chi connectivity index (χ2n) is 5.99. The van der Waals surface area contributed by atoms with E-state index in [4.69, 9.17) is 16.3 Å². The molecule has 0 aliphatic rings. The molecule has 6 heteroatoms. The molecule has 3 aromatic rings. The third kappa shape index (κ3) is 5.49. The number of ether oxygens (including phenoxy) is 1. The van der Waals surface area contributed by atoms with Gasteiger partial charge in [-0.3, -0.25) is 9.59 Å². The number of fused-ring (bicyclic) bond motifs is 1. The highest BCUT2D eigenvalue weighted by molar-refractivity contribution is 8.00. The second-order valence-corrected chi connectivity index (χ2v) is 7.45. The maximum atomic E-state index is 11.9. The van der Waals surface area contributed by atoms with Crippen LogP contribution in [0.25, 0.3) is 10.8 Å². The lowest BCUT2D eigenvalue weighted by molar-refractivity contribution is -0.144. The molecule has 1 N–H and O–H groups in total. The maximum Gasteiger partial charge on any atom is 0.316 e. The zero-order valence-corrected chi connectivity index (χ0v) is 16.3. The summed E-state index contributed by atoms with van der Waals surface area (Å²) in [5.74, 6) is -0.736. The van der Waals surface area contributed by atoms with Gasteiger partial charge < -0.3 is 10.1 Å². The number of halogens is 1. The Morgan fingerprint density at radius 2 is 1.81 bits per heavy atom. The number of nitrogens with one attached hydrogen (secondary N) is 1. The molecule has 0 fully saturated rings. The van der Waals surface area contributed by atoms with Crippen molar-refractivity contribution in [3.8, 4) is 0 Å². The number of rotatable bonds is 6. The van der Waals surface area contributed by atoms with E-state index in [1.165, 1.54) is 11.8 Å². The standard InChI is InChI=1S/C21H18ClNO3S/c1-14-6-9-19(18(22)10-14)23-20(24)12-26-21(25)13-27-17-8-7-15-4-2-3-5-16(15)11-17/h2-11H,12-13H2,1H3,(H,23,24). The van der Waals surface area contributed by atoms with Gasteiger partial charge in [-0.1, -0.05) is 48.0 Å². The predicted molar refractivity (Wildman–Crippen MR) is 110 cm³/mol. The normalized spacial score (nSPS) is 10.6. The molecule has 0 saturated heterocycles. The Balaban J connectivity index is 1.46. The summed E-state index contributed by atoms with van der Waals surface area (Å²) in [6.07, 6.45) is 0. The van der Waals surface area contributed by atoms with Gasteiger partial charge >= 0.3 is 5.97 Å². The second kappa shape index (κ2) is 8.93. The van der Waals surface area contributed by atoms with Crippen molar-refractivity contribution < 1.29 is 14.3 Å². The van der Waals surface area contributed by atoms with Crippen LogP contribution in [0.1, 0.15) is 5.56 Å². The van der Waals surface area contributed by atoms with Gasteiger partial charge in [-0.25, -0.2) is 0 Å². The van der Waals surface area contributed by atoms with Gasteiger partial charge in [0, 0.05) is 4.90 Å². The van der Waals surface area contributed by atoms with E-state index in [2.05, 4.69) is 5.32 Å². The molecule has 0 aliphatic carbocycles. The summed E-state index contributed by atoms with van der Waals surface area (Å²) in [5, 5.41) is 5.34. The zero-order chi connectivity index (χ0) is 19.2. The van der Waals surface area contributed by atoms with Crippen LogP contribution in [0.5, 0.6) is 0 Å². The Bertz CT molecular complexity index is 990. The van der Waals surface area contributed by atoms with Crippen molar-refractivity contribution in [2.75, 3.05) is 17.7 Å². The minimum atomic E-state index is -0.446. The molecule has 0 spiro atoms. The van der Waals surface area contributed by atoms with Crippen molar-refractivity contribution in [2.24, 2.45) is 0 Å². The van der Waals surface area contributed by atoms with E-state index in [-0.39, 0.29) is 12.4 Å². The number of esters is 1. The molecule has 0 aromatic heterocycles. The molecule has 0 bridgehead atoms. The Kier molecular flexibility index (Phi) is 6.37. The number of anilines is 1. The highest BCUT2D eigenvalue weighted by atomic mass is 35.5. The summed E-state index contributed by atoms with van der Waals surface area (Å²) in [4.78, 5) is 24.8. The first-order chi connectivity index (χ1) is 13.0. The summed E-state index contributed by atoms with van der Waals surface area (Å²) in [6, 6.07) is 19.3. The fourth-order valence-corrected chi connectivity index (χ4v) is 3.52. The van der Waals surface area contributed by atoms with Crippen molar-refractivity contribution in [3.63, 3.8) is 0 Å². The van der Waals surface area contributed by atoms with Crippen LogP contribution in [0.4, 0.5) is 5.69 Å². The van der Waals surface area contributed by atoms with Gasteiger partial charge in [0.2, 0.25) is 0 Å². The Labute approximate surface area is 166 Å². The minimum Gasteiger partial charge on any atom is -0.455 e. The third-order valence-electron chi connectivity index (χ3n) is 3.84. The molecule has 0 aliphatic heterocycles. The van der Waals surface area contributed by atoms with E-state index in [1.54, 1.807) is 12.1 Å². The van der Waals surface area contributed by atoms with Gasteiger partial charge in [-0.15, -0.1) is 11.8 Å². The average Bonchev–Trinajstić information content (AvgIpc) is 2.67. The lowest BCUT2D eigenvalue weighted by Gasteiger charge is -2.09. The molecule has 0 radical (unpaired) electrons. The monoisotopic (exact) mass is 399 g/mol. The molecule has 0 atom stereocenters. The van der Waals surface area contributed by atoms with E-state index in [1.807, 2.05) is 55.5 Å². The topological polar surface area (TPSA) is 55.4 Å². The fraction of sp³-hybridized carbons (Fsp3) is 0.143. The molecule has 27 heavy (non-hydrogen) atoms. The van der Waals surface area contributed by atoms with Crippen LogP contribution in [0.15, 0.2) is 65.6 Å². The van der Waals surface area contributed by atoms with Gasteiger partial charge in [-0.2, -0.15) is 0 Å². The first kappa shape index (κ1) is 19.3. The van der Waals surface area contributed by atoms with E-state index in [0.29, 0.717) is 10.7 Å². The van der Waals surface area contributed by atoms with Gasteiger partial charge in [0.15, 0.2) is 6.61 Å². The van der Waals surface area contributed by atoms with E-state index in [9.17, 15) is 9.59 Å². The number of carbonyl (C=O) groups is 2. The average molecular weight is 400 g/mol. The summed E-state index contributed by atoms with van der Waals surface area (Å²) in [6.45, 7) is 1.56. The predicted octanol–water partition coefficient (Wildman–Crippen LogP) is 5.08. The van der Waals surface area contributed by atoms with Crippen molar-refractivity contribution in [2.45, 2.75) is 11.8 Å². The highest BCUT2D eigenvalue weighted by Crippen LogP contribution is 2.24. The minimum absolute atomic E-state index is 0.136. The third-order valence-corrected chi connectivity index (χ3v) is 5.12. The lowest BCUT2D eigenvalue weighted by Crippen LogP contribution is -2.21. The molecular weight excluding hydrogens is 382 g/mol. The quantitative estimate of drug-likeness (QED) is 0.464. The van der Waals surface area contributed by atoms with E-state index >= 15 is 0 Å². The fourth-order valence-electron chi connectivity index (χ4n) is 2.49. The summed E-state index contributed by atoms with van der Waals surface area (Å²) in [5.41, 5.74) is 1.49. The van der Waals surface area contributed by atoms with E-state index in [0.717, 1.165) is 21.2 Å². The summed E-state index contributed by atoms with van der Waals surface area (Å²) < 4.78 is 5.03. The largest absolute Gasteiger partial charge is 0.455 e. The smallest absolute Gasteiger partial charge is 0.316 e. The van der Waals surface area contributed by atoms with Gasteiger partial charge in [-0.05, 0) is 47.5 Å². The van der Waals surface area contributed by atoms with Crippen molar-refractivity contribution >= 4 is 51.7 Å². The number of hydrogen-bond donors (Lipinski definition) is 1. The summed E-state index contributed by atoms with van der Waals surface area (Å²) >= 11 is 7.45. The van der Waals surface area contributed by atoms with Crippen LogP contribution in [0, 0.1) is 6.92 Å². The SMILES string of the molecule is Cc1ccc(NC(=O)COC(=O)CSc2ccc3ccccc3c2)c(Cl)c1. The number of hydrogen-bond acceptors (Lipinski definition) is 4. The summed E-state index contributed by atoms with van der Waals surface area (Å²) in [7, 11) is 0. The highest BCUT2D eigenvalue weighted by Gasteiger charge is 2.10. The number of benzene rings is 3. The first-order valence-electron chi connectivity index (χ1n) is 8.34. The molecule has 3 aromatic carbocycles. The molecule has 0 unspecified atom stereocenters. The number of aryl methyl sites for hydroxylation is 1. The van der Waals surface area contributed by atoms with Crippen LogP contribution in [0.3, 0.4) is 0 Å². The van der Waals surface area contributed by atoms with Crippen molar-refractivity contribution in [3.05, 3.63) is 71.2 Å². The van der Waals surface area contributed by atoms with E-state index < -0.39 is 11.9 Å². The first-order valence-corrected chi connectivity index (χ1v) is 9.71. The zero-order valence-electron chi connectivity index (χ0n) is 14.7. The number of thioether (sulfide) groups is 1. The van der Waals surface area contributed by atoms with Crippen LogP contribution < -0.4 is 5.32 Å². The van der Waals surface area contributed by atoms with Crippen LogP contribution >= 0.6 is 23.4 Å². The van der Waals surface area contributed by atoms with Crippen LogP contribution in [-0.2, 0) is 14.3 Å². The molecule has 0 heterocycles.